The third-order valence-corrected chi connectivity index (χ3v) is 10.1. The Morgan fingerprint density at radius 2 is 1.97 bits per heavy atom. The second-order valence-corrected chi connectivity index (χ2v) is 11.5. The second-order valence-electron chi connectivity index (χ2n) is 11.5. The molecule has 8 nitrogen and oxygen atoms in total. The number of hydrogen-bond acceptors (Lipinski definition) is 8. The van der Waals surface area contributed by atoms with Crippen LogP contribution >= 0.6 is 0 Å². The van der Waals surface area contributed by atoms with E-state index in [9.17, 15) is 19.5 Å². The lowest BCUT2D eigenvalue weighted by atomic mass is 9.42. The number of ether oxygens (including phenoxy) is 1. The SMILES string of the molecule is CC(=O)OCC12CCC(=NOC3CCNC3)CC1C(CO)C(=O)C1C3CCC(=O)C3(C)CCC12. The standard InChI is InChI=1S/C26H38N2O6/c1-15(30)33-14-26-9-5-16(28-34-17-7-10-27-12-17)11-21(26)18(13-29)24(32)23-19-3-4-22(31)25(19,2)8-6-20(23)26/h17-21,23,27,29H,3-14H2,1-2H3. The lowest BCUT2D eigenvalue weighted by molar-refractivity contribution is -0.181. The number of hydrogen-bond donors (Lipinski definition) is 2. The van der Waals surface area contributed by atoms with Crippen molar-refractivity contribution in [2.75, 3.05) is 26.3 Å². The van der Waals surface area contributed by atoms with Gasteiger partial charge in [-0.05, 0) is 62.8 Å². The van der Waals surface area contributed by atoms with Gasteiger partial charge in [-0.15, -0.1) is 0 Å². The molecule has 1 saturated heterocycles. The maximum Gasteiger partial charge on any atom is 0.302 e. The van der Waals surface area contributed by atoms with Crippen LogP contribution in [0.3, 0.4) is 0 Å². The highest BCUT2D eigenvalue weighted by atomic mass is 16.6. The van der Waals surface area contributed by atoms with Gasteiger partial charge in [0.1, 0.15) is 17.7 Å². The highest BCUT2D eigenvalue weighted by Gasteiger charge is 2.66. The Bertz CT molecular complexity index is 883. The van der Waals surface area contributed by atoms with E-state index in [1.807, 2.05) is 6.92 Å². The van der Waals surface area contributed by atoms with Crippen LogP contribution in [0, 0.1) is 40.4 Å². The van der Waals surface area contributed by atoms with Crippen LogP contribution in [0.4, 0.5) is 0 Å². The zero-order valence-corrected chi connectivity index (χ0v) is 20.4. The third-order valence-electron chi connectivity index (χ3n) is 10.1. The zero-order valence-electron chi connectivity index (χ0n) is 20.4. The fourth-order valence-electron chi connectivity index (χ4n) is 8.22. The minimum Gasteiger partial charge on any atom is -0.465 e. The van der Waals surface area contributed by atoms with E-state index in [0.29, 0.717) is 12.8 Å². The molecule has 0 aromatic heterocycles. The number of aliphatic hydroxyl groups is 1. The molecule has 5 fully saturated rings. The molecule has 5 rings (SSSR count). The summed E-state index contributed by atoms with van der Waals surface area (Å²) >= 11 is 0. The first-order chi connectivity index (χ1) is 16.3. The van der Waals surface area contributed by atoms with Crippen LogP contribution < -0.4 is 5.32 Å². The number of carbonyl (C=O) groups is 3. The Morgan fingerprint density at radius 3 is 2.68 bits per heavy atom. The Kier molecular flexibility index (Phi) is 6.34. The quantitative estimate of drug-likeness (QED) is 0.464. The van der Waals surface area contributed by atoms with Gasteiger partial charge in [0.25, 0.3) is 0 Å². The van der Waals surface area contributed by atoms with Gasteiger partial charge < -0.3 is 20.0 Å². The molecule has 0 radical (unpaired) electrons. The number of aliphatic hydroxyl groups excluding tert-OH is 1. The van der Waals surface area contributed by atoms with E-state index in [0.717, 1.165) is 57.3 Å². The molecular weight excluding hydrogens is 436 g/mol. The third kappa shape index (κ3) is 3.72. The van der Waals surface area contributed by atoms with Crippen molar-refractivity contribution in [3.63, 3.8) is 0 Å². The lowest BCUT2D eigenvalue weighted by Crippen LogP contribution is -2.63. The summed E-state index contributed by atoms with van der Waals surface area (Å²) in [5.74, 6) is -0.815. The van der Waals surface area contributed by atoms with Crippen molar-refractivity contribution < 1.29 is 29.1 Å². The Morgan fingerprint density at radius 1 is 1.15 bits per heavy atom. The largest absolute Gasteiger partial charge is 0.465 e. The predicted molar refractivity (Wildman–Crippen MR) is 124 cm³/mol. The Balaban J connectivity index is 1.48. The van der Waals surface area contributed by atoms with E-state index in [2.05, 4.69) is 10.5 Å². The minimum atomic E-state index is -0.534. The molecular formula is C26H38N2O6. The van der Waals surface area contributed by atoms with Gasteiger partial charge in [0.2, 0.25) is 0 Å². The molecule has 0 aromatic carbocycles. The van der Waals surface area contributed by atoms with Crippen molar-refractivity contribution >= 4 is 23.2 Å². The molecule has 5 aliphatic rings. The molecule has 8 heteroatoms. The van der Waals surface area contributed by atoms with Crippen LogP contribution in [-0.4, -0.2) is 60.8 Å². The van der Waals surface area contributed by atoms with E-state index in [1.54, 1.807) is 0 Å². The van der Waals surface area contributed by atoms with Crippen LogP contribution in [0.15, 0.2) is 5.16 Å². The first kappa shape index (κ1) is 23.9. The number of nitrogens with one attached hydrogen (secondary N) is 1. The number of fused-ring (bicyclic) bond motifs is 5. The molecule has 34 heavy (non-hydrogen) atoms. The fourth-order valence-corrected chi connectivity index (χ4v) is 8.22. The van der Waals surface area contributed by atoms with Crippen LogP contribution in [0.5, 0.6) is 0 Å². The van der Waals surface area contributed by atoms with Gasteiger partial charge in [0, 0.05) is 49.0 Å². The number of ketones is 2. The number of carbonyl (C=O) groups excluding carboxylic acids is 3. The van der Waals surface area contributed by atoms with E-state index in [4.69, 9.17) is 9.57 Å². The molecule has 8 unspecified atom stereocenters. The summed E-state index contributed by atoms with van der Waals surface area (Å²) in [6.07, 6.45) is 5.88. The second kappa shape index (κ2) is 9.01. The summed E-state index contributed by atoms with van der Waals surface area (Å²) in [6.45, 7) is 5.21. The van der Waals surface area contributed by atoms with Gasteiger partial charge in [-0.25, -0.2) is 0 Å². The molecule has 0 bridgehead atoms. The van der Waals surface area contributed by atoms with Gasteiger partial charge in [-0.1, -0.05) is 12.1 Å². The monoisotopic (exact) mass is 474 g/mol. The van der Waals surface area contributed by atoms with E-state index in [1.165, 1.54) is 6.92 Å². The number of esters is 1. The highest BCUT2D eigenvalue weighted by Crippen LogP contribution is 2.65. The summed E-state index contributed by atoms with van der Waals surface area (Å²) in [4.78, 5) is 44.4. The fraction of sp³-hybridized carbons (Fsp3) is 0.846. The highest BCUT2D eigenvalue weighted by molar-refractivity contribution is 5.93. The van der Waals surface area contributed by atoms with Crippen molar-refractivity contribution in [2.45, 2.75) is 71.3 Å². The molecule has 4 aliphatic carbocycles. The van der Waals surface area contributed by atoms with E-state index in [-0.39, 0.29) is 60.5 Å². The first-order valence-electron chi connectivity index (χ1n) is 13.0. The maximum absolute atomic E-state index is 13.9. The van der Waals surface area contributed by atoms with Crippen LogP contribution in [0.1, 0.15) is 65.2 Å². The predicted octanol–water partition coefficient (Wildman–Crippen LogP) is 2.27. The minimum absolute atomic E-state index is 0.0173. The molecule has 0 aromatic rings. The average molecular weight is 475 g/mol. The Labute approximate surface area is 201 Å². The number of nitrogens with zero attached hydrogens (tertiary/aromatic N) is 1. The summed E-state index contributed by atoms with van der Waals surface area (Å²) < 4.78 is 5.67. The van der Waals surface area contributed by atoms with Crippen LogP contribution in [0.2, 0.25) is 0 Å². The summed E-state index contributed by atoms with van der Waals surface area (Å²) in [5.41, 5.74) is 0.0895. The molecule has 8 atom stereocenters. The van der Waals surface area contributed by atoms with Gasteiger partial charge in [-0.3, -0.25) is 14.4 Å². The van der Waals surface area contributed by atoms with Gasteiger partial charge in [0.05, 0.1) is 18.9 Å². The number of Topliss-reactive ketones (excluding diaryl/α,β-unsaturated/α-hetero) is 2. The zero-order chi connectivity index (χ0) is 24.1. The molecule has 1 heterocycles. The smallest absolute Gasteiger partial charge is 0.302 e. The van der Waals surface area contributed by atoms with Crippen LogP contribution in [0.25, 0.3) is 0 Å². The molecule has 0 spiro atoms. The van der Waals surface area contributed by atoms with Gasteiger partial charge >= 0.3 is 5.97 Å². The first-order valence-corrected chi connectivity index (χ1v) is 13.0. The molecule has 0 amide bonds. The molecule has 4 saturated carbocycles. The summed E-state index contributed by atoms with van der Waals surface area (Å²) in [5, 5.41) is 18.2. The number of oxime groups is 1. The normalized spacial score (nSPS) is 45.0. The number of rotatable bonds is 5. The summed E-state index contributed by atoms with van der Waals surface area (Å²) in [6, 6.07) is 0. The van der Waals surface area contributed by atoms with E-state index < -0.39 is 16.7 Å². The van der Waals surface area contributed by atoms with E-state index >= 15 is 0 Å². The average Bonchev–Trinajstić information content (AvgIpc) is 3.44. The molecule has 2 N–H and O–H groups in total. The van der Waals surface area contributed by atoms with Crippen molar-refractivity contribution in [2.24, 2.45) is 45.6 Å². The van der Waals surface area contributed by atoms with Crippen molar-refractivity contribution in [1.29, 1.82) is 0 Å². The van der Waals surface area contributed by atoms with Crippen molar-refractivity contribution in [1.82, 2.24) is 5.32 Å². The van der Waals surface area contributed by atoms with Crippen molar-refractivity contribution in [3.8, 4) is 0 Å². The van der Waals surface area contributed by atoms with Gasteiger partial charge in [-0.2, -0.15) is 0 Å². The topological polar surface area (TPSA) is 114 Å². The van der Waals surface area contributed by atoms with Crippen molar-refractivity contribution in [3.05, 3.63) is 0 Å². The molecule has 188 valence electrons. The Hall–Kier alpha value is -1.80. The summed E-state index contributed by atoms with van der Waals surface area (Å²) in [7, 11) is 0. The van der Waals surface area contributed by atoms with Gasteiger partial charge in [0.15, 0.2) is 0 Å². The van der Waals surface area contributed by atoms with Crippen LogP contribution in [-0.2, 0) is 24.0 Å². The molecule has 1 aliphatic heterocycles. The maximum atomic E-state index is 13.9. The lowest BCUT2D eigenvalue weighted by Gasteiger charge is -2.61.